The van der Waals surface area contributed by atoms with Crippen LogP contribution in [0.4, 0.5) is 0 Å². The number of ether oxygens (including phenoxy) is 3. The quantitative estimate of drug-likeness (QED) is 0.490. The summed E-state index contributed by atoms with van der Waals surface area (Å²) in [7, 11) is -3.99. The Hall–Kier alpha value is -2.21. The maximum Gasteiger partial charge on any atom is 0.335 e. The van der Waals surface area contributed by atoms with Crippen LogP contribution in [0.25, 0.3) is 0 Å². The first-order chi connectivity index (χ1) is 14.5. The third-order valence-electron chi connectivity index (χ3n) is 4.29. The van der Waals surface area contributed by atoms with Gasteiger partial charge in [-0.3, -0.25) is 9.69 Å². The van der Waals surface area contributed by atoms with Crippen LogP contribution in [0.1, 0.15) is 36.7 Å². The van der Waals surface area contributed by atoms with Crippen LogP contribution in [0.5, 0.6) is 5.75 Å². The second kappa shape index (κ2) is 10.9. The summed E-state index contributed by atoms with van der Waals surface area (Å²) < 4.78 is 43.0. The number of aromatic carboxylic acids is 1. The van der Waals surface area contributed by atoms with Crippen molar-refractivity contribution in [3.05, 3.63) is 29.3 Å². The molecule has 0 unspecified atom stereocenters. The lowest BCUT2D eigenvalue weighted by Gasteiger charge is -2.26. The highest BCUT2D eigenvalue weighted by Gasteiger charge is 2.23. The van der Waals surface area contributed by atoms with E-state index in [1.54, 1.807) is 20.8 Å². The van der Waals surface area contributed by atoms with E-state index < -0.39 is 33.3 Å². The fraction of sp³-hybridized carbons (Fsp3) is 0.600. The fourth-order valence-corrected chi connectivity index (χ4v) is 3.71. The van der Waals surface area contributed by atoms with Crippen molar-refractivity contribution in [3.63, 3.8) is 0 Å². The molecule has 0 atom stereocenters. The third kappa shape index (κ3) is 9.21. The average Bonchev–Trinajstić information content (AvgIpc) is 2.65. The molecule has 0 saturated carbocycles. The van der Waals surface area contributed by atoms with Gasteiger partial charge in [0.15, 0.2) is 5.75 Å². The molecule has 0 spiro atoms. The Kier molecular flexibility index (Phi) is 8.80. The molecule has 1 aliphatic rings. The van der Waals surface area contributed by atoms with Crippen LogP contribution >= 0.6 is 0 Å². The van der Waals surface area contributed by atoms with Crippen molar-refractivity contribution in [1.82, 2.24) is 9.62 Å². The van der Waals surface area contributed by atoms with E-state index in [1.807, 2.05) is 0 Å². The second-order valence-electron chi connectivity index (χ2n) is 8.10. The first kappa shape index (κ1) is 25.1. The lowest BCUT2D eigenvalue weighted by atomic mass is 10.1. The van der Waals surface area contributed by atoms with Crippen molar-refractivity contribution >= 4 is 22.0 Å². The molecule has 10 nitrogen and oxygen atoms in total. The van der Waals surface area contributed by atoms with Crippen LogP contribution in [-0.4, -0.2) is 81.2 Å². The normalized spacial score (nSPS) is 15.5. The zero-order chi connectivity index (χ0) is 23.1. The molecule has 1 fully saturated rings. The molecule has 0 aliphatic carbocycles. The van der Waals surface area contributed by atoms with Crippen LogP contribution in [-0.2, 0) is 30.8 Å². The number of hydrogen-bond acceptors (Lipinski definition) is 8. The Morgan fingerprint density at radius 2 is 1.90 bits per heavy atom. The Labute approximate surface area is 182 Å². The lowest BCUT2D eigenvalue weighted by molar-refractivity contribution is -0.151. The summed E-state index contributed by atoms with van der Waals surface area (Å²) in [6, 6.07) is 4.24. The van der Waals surface area contributed by atoms with Crippen molar-refractivity contribution in [2.24, 2.45) is 0 Å². The molecule has 2 rings (SSSR count). The van der Waals surface area contributed by atoms with E-state index in [0.29, 0.717) is 37.7 Å². The molecule has 1 heterocycles. The summed E-state index contributed by atoms with van der Waals surface area (Å²) in [5, 5.41) is 9.24. The molecule has 0 aromatic heterocycles. The smallest absolute Gasteiger partial charge is 0.335 e. The van der Waals surface area contributed by atoms with Gasteiger partial charge in [-0.05, 0) is 39.0 Å². The molecular weight excluding hydrogens is 428 g/mol. The summed E-state index contributed by atoms with van der Waals surface area (Å²) in [5.41, 5.74) is -0.444. The summed E-state index contributed by atoms with van der Waals surface area (Å²) >= 11 is 0. The standard InChI is InChI=1S/C20H30N2O8S/c1-20(2,3)30-18(23)14-31(26,27)21-13-16-12-15(19(24)25)4-5-17(16)29-11-8-22-6-9-28-10-7-22/h4-5,12,21H,6-11,13-14H2,1-3H3,(H,24,25). The number of carboxylic acid groups (broad SMARTS) is 1. The summed E-state index contributed by atoms with van der Waals surface area (Å²) in [5.74, 6) is -2.48. The Balaban J connectivity index is 2.02. The zero-order valence-electron chi connectivity index (χ0n) is 18.0. The topological polar surface area (TPSA) is 131 Å². The molecule has 174 valence electrons. The van der Waals surface area contributed by atoms with E-state index in [4.69, 9.17) is 14.2 Å². The number of hydrogen-bond donors (Lipinski definition) is 2. The van der Waals surface area contributed by atoms with Gasteiger partial charge < -0.3 is 19.3 Å². The van der Waals surface area contributed by atoms with E-state index in [-0.39, 0.29) is 12.1 Å². The van der Waals surface area contributed by atoms with Gasteiger partial charge in [0.05, 0.1) is 18.8 Å². The summed E-state index contributed by atoms with van der Waals surface area (Å²) in [4.78, 5) is 25.3. The first-order valence-electron chi connectivity index (χ1n) is 9.93. The molecule has 0 amide bonds. The van der Waals surface area contributed by atoms with Gasteiger partial charge in [0.1, 0.15) is 18.0 Å². The molecule has 0 radical (unpaired) electrons. The van der Waals surface area contributed by atoms with E-state index in [2.05, 4.69) is 9.62 Å². The van der Waals surface area contributed by atoms with Gasteiger partial charge in [0.2, 0.25) is 10.0 Å². The number of morpholine rings is 1. The number of carbonyl (C=O) groups excluding carboxylic acids is 1. The minimum Gasteiger partial charge on any atom is -0.492 e. The van der Waals surface area contributed by atoms with Crippen LogP contribution in [0.15, 0.2) is 18.2 Å². The van der Waals surface area contributed by atoms with Crippen LogP contribution in [0.2, 0.25) is 0 Å². The predicted octanol–water partition coefficient (Wildman–Crippen LogP) is 0.857. The van der Waals surface area contributed by atoms with E-state index in [1.165, 1.54) is 18.2 Å². The van der Waals surface area contributed by atoms with Crippen LogP contribution in [0, 0.1) is 0 Å². The van der Waals surface area contributed by atoms with Gasteiger partial charge in [-0.1, -0.05) is 0 Å². The maximum absolute atomic E-state index is 12.3. The van der Waals surface area contributed by atoms with E-state index in [0.717, 1.165) is 13.1 Å². The summed E-state index contributed by atoms with van der Waals surface area (Å²) in [6.07, 6.45) is 0. The first-order valence-corrected chi connectivity index (χ1v) is 11.6. The number of sulfonamides is 1. The number of nitrogens with zero attached hydrogens (tertiary/aromatic N) is 1. The summed E-state index contributed by atoms with van der Waals surface area (Å²) in [6.45, 7) is 8.65. The Morgan fingerprint density at radius 3 is 2.52 bits per heavy atom. The van der Waals surface area contributed by atoms with Crippen molar-refractivity contribution in [1.29, 1.82) is 0 Å². The van der Waals surface area contributed by atoms with E-state index >= 15 is 0 Å². The van der Waals surface area contributed by atoms with Gasteiger partial charge in [0.25, 0.3) is 0 Å². The number of nitrogens with one attached hydrogen (secondary N) is 1. The van der Waals surface area contributed by atoms with Gasteiger partial charge >= 0.3 is 11.9 Å². The molecule has 1 saturated heterocycles. The molecule has 1 aromatic carbocycles. The monoisotopic (exact) mass is 458 g/mol. The Bertz CT molecular complexity index is 874. The van der Waals surface area contributed by atoms with Crippen molar-refractivity contribution in [2.75, 3.05) is 45.2 Å². The van der Waals surface area contributed by atoms with Crippen LogP contribution in [0.3, 0.4) is 0 Å². The molecule has 1 aromatic rings. The predicted molar refractivity (Wildman–Crippen MR) is 113 cm³/mol. The SMILES string of the molecule is CC(C)(C)OC(=O)CS(=O)(=O)NCc1cc(C(=O)O)ccc1OCCN1CCOCC1. The van der Waals surface area contributed by atoms with Gasteiger partial charge in [0, 0.05) is 31.7 Å². The fourth-order valence-electron chi connectivity index (χ4n) is 2.87. The van der Waals surface area contributed by atoms with Crippen molar-refractivity contribution < 1.29 is 37.3 Å². The number of benzene rings is 1. The highest BCUT2D eigenvalue weighted by atomic mass is 32.2. The van der Waals surface area contributed by atoms with Gasteiger partial charge in [-0.2, -0.15) is 0 Å². The number of rotatable bonds is 10. The highest BCUT2D eigenvalue weighted by Crippen LogP contribution is 2.21. The molecule has 1 aliphatic heterocycles. The van der Waals surface area contributed by atoms with E-state index in [9.17, 15) is 23.1 Å². The molecule has 2 N–H and O–H groups in total. The molecule has 0 bridgehead atoms. The number of carboxylic acids is 1. The minimum absolute atomic E-state index is 0.00173. The van der Waals surface area contributed by atoms with Gasteiger partial charge in [-0.25, -0.2) is 17.9 Å². The van der Waals surface area contributed by atoms with Gasteiger partial charge in [-0.15, -0.1) is 0 Å². The van der Waals surface area contributed by atoms with Crippen molar-refractivity contribution in [3.8, 4) is 5.75 Å². The van der Waals surface area contributed by atoms with Crippen LogP contribution < -0.4 is 9.46 Å². The number of esters is 1. The minimum atomic E-state index is -3.99. The molecule has 31 heavy (non-hydrogen) atoms. The highest BCUT2D eigenvalue weighted by molar-refractivity contribution is 7.90. The number of carbonyl (C=O) groups is 2. The largest absolute Gasteiger partial charge is 0.492 e. The molecule has 11 heteroatoms. The second-order valence-corrected chi connectivity index (χ2v) is 9.90. The van der Waals surface area contributed by atoms with Crippen molar-refractivity contribution in [2.45, 2.75) is 32.9 Å². The lowest BCUT2D eigenvalue weighted by Crippen LogP contribution is -2.38. The zero-order valence-corrected chi connectivity index (χ0v) is 18.9. The third-order valence-corrected chi connectivity index (χ3v) is 5.49. The maximum atomic E-state index is 12.3. The average molecular weight is 459 g/mol. The molecular formula is C20H30N2O8S. The Morgan fingerprint density at radius 1 is 1.23 bits per heavy atom.